The molecule has 1 aliphatic carbocycles. The maximum Gasteiger partial charge on any atom is 0.416 e. The molecule has 2 nitrogen and oxygen atoms in total. The Morgan fingerprint density at radius 1 is 1.04 bits per heavy atom. The molecule has 0 radical (unpaired) electrons. The molecule has 0 spiro atoms. The topological polar surface area (TPSA) is 32.3 Å². The largest absolute Gasteiger partial charge is 0.416 e. The standard InChI is InChI=1S/C21H22F3NOS/c22-21(23,24)15-10-18(25-16-7-5-13(12-26)6-8-16)17-9-14-3-1-2-4-19(14)27-20(17)11-15/h1-4,10-11,13,16,25-26H,5-9,12H2. The van der Waals surface area contributed by atoms with Gasteiger partial charge in [-0.1, -0.05) is 30.0 Å². The summed E-state index contributed by atoms with van der Waals surface area (Å²) in [4.78, 5) is 1.72. The lowest BCUT2D eigenvalue weighted by atomic mass is 9.86. The van der Waals surface area contributed by atoms with Crippen LogP contribution in [0.25, 0.3) is 0 Å². The minimum atomic E-state index is -4.36. The van der Waals surface area contributed by atoms with Crippen LogP contribution in [0.3, 0.4) is 0 Å². The minimum absolute atomic E-state index is 0.155. The van der Waals surface area contributed by atoms with Crippen LogP contribution >= 0.6 is 11.8 Å². The van der Waals surface area contributed by atoms with E-state index in [4.69, 9.17) is 0 Å². The third kappa shape index (κ3) is 3.97. The minimum Gasteiger partial charge on any atom is -0.396 e. The summed E-state index contributed by atoms with van der Waals surface area (Å²) in [7, 11) is 0. The van der Waals surface area contributed by atoms with E-state index in [0.717, 1.165) is 41.7 Å². The van der Waals surface area contributed by atoms with E-state index >= 15 is 0 Å². The third-order valence-corrected chi connectivity index (χ3v) is 6.76. The van der Waals surface area contributed by atoms with Crippen molar-refractivity contribution in [2.24, 2.45) is 5.92 Å². The first kappa shape index (κ1) is 18.7. The zero-order valence-corrected chi connectivity index (χ0v) is 15.7. The van der Waals surface area contributed by atoms with Crippen LogP contribution in [-0.4, -0.2) is 17.8 Å². The smallest absolute Gasteiger partial charge is 0.396 e. The van der Waals surface area contributed by atoms with Crippen LogP contribution in [-0.2, 0) is 12.6 Å². The first-order valence-corrected chi connectivity index (χ1v) is 10.1. The van der Waals surface area contributed by atoms with Crippen LogP contribution in [0.5, 0.6) is 0 Å². The van der Waals surface area contributed by atoms with Crippen LogP contribution in [0, 0.1) is 5.92 Å². The number of rotatable bonds is 3. The Kier molecular flexibility index (Phi) is 5.12. The van der Waals surface area contributed by atoms with Crippen molar-refractivity contribution < 1.29 is 18.3 Å². The molecule has 0 amide bonds. The van der Waals surface area contributed by atoms with Gasteiger partial charge in [0.2, 0.25) is 0 Å². The van der Waals surface area contributed by atoms with Gasteiger partial charge in [-0.05, 0) is 60.9 Å². The molecule has 1 aliphatic heterocycles. The molecule has 1 saturated carbocycles. The van der Waals surface area contributed by atoms with Crippen LogP contribution < -0.4 is 5.32 Å². The maximum absolute atomic E-state index is 13.4. The molecule has 0 unspecified atom stereocenters. The van der Waals surface area contributed by atoms with Crippen molar-refractivity contribution in [2.75, 3.05) is 11.9 Å². The molecular formula is C21H22F3NOS. The number of fused-ring (bicyclic) bond motifs is 2. The van der Waals surface area contributed by atoms with Gasteiger partial charge in [0.05, 0.1) is 5.56 Å². The van der Waals surface area contributed by atoms with Gasteiger partial charge in [-0.3, -0.25) is 0 Å². The molecule has 2 aliphatic rings. The van der Waals surface area contributed by atoms with Crippen LogP contribution in [0.15, 0.2) is 46.2 Å². The van der Waals surface area contributed by atoms with E-state index in [1.54, 1.807) is 0 Å². The van der Waals surface area contributed by atoms with E-state index in [1.807, 2.05) is 24.3 Å². The quantitative estimate of drug-likeness (QED) is 0.597. The van der Waals surface area contributed by atoms with E-state index in [9.17, 15) is 18.3 Å². The average molecular weight is 393 g/mol. The van der Waals surface area contributed by atoms with Crippen LogP contribution in [0.2, 0.25) is 0 Å². The maximum atomic E-state index is 13.4. The van der Waals surface area contributed by atoms with Gasteiger partial charge in [0, 0.05) is 34.5 Å². The summed E-state index contributed by atoms with van der Waals surface area (Å²) < 4.78 is 40.3. The predicted molar refractivity (Wildman–Crippen MR) is 101 cm³/mol. The molecule has 2 N–H and O–H groups in total. The average Bonchev–Trinajstić information content (AvgIpc) is 2.66. The lowest BCUT2D eigenvalue weighted by Gasteiger charge is -2.31. The Labute approximate surface area is 161 Å². The Morgan fingerprint density at radius 2 is 1.78 bits per heavy atom. The first-order chi connectivity index (χ1) is 12.9. The van der Waals surface area contributed by atoms with Crippen molar-refractivity contribution in [1.82, 2.24) is 0 Å². The van der Waals surface area contributed by atoms with E-state index < -0.39 is 11.7 Å². The fourth-order valence-electron chi connectivity index (χ4n) is 3.98. The molecule has 0 saturated heterocycles. The molecule has 2 aromatic carbocycles. The summed E-state index contributed by atoms with van der Waals surface area (Å²) in [6, 6.07) is 10.6. The highest BCUT2D eigenvalue weighted by Crippen LogP contribution is 2.45. The van der Waals surface area contributed by atoms with Crippen molar-refractivity contribution in [3.8, 4) is 0 Å². The summed E-state index contributed by atoms with van der Waals surface area (Å²) in [5, 5.41) is 12.7. The summed E-state index contributed by atoms with van der Waals surface area (Å²) in [5.74, 6) is 0.320. The first-order valence-electron chi connectivity index (χ1n) is 9.31. The monoisotopic (exact) mass is 393 g/mol. The van der Waals surface area contributed by atoms with Gasteiger partial charge in [0.15, 0.2) is 0 Å². The van der Waals surface area contributed by atoms with E-state index in [1.165, 1.54) is 23.9 Å². The van der Waals surface area contributed by atoms with Gasteiger partial charge < -0.3 is 10.4 Å². The third-order valence-electron chi connectivity index (χ3n) is 5.56. The molecule has 6 heteroatoms. The number of anilines is 1. The highest BCUT2D eigenvalue weighted by Gasteiger charge is 2.34. The fraction of sp³-hybridized carbons (Fsp3) is 0.429. The molecule has 144 valence electrons. The number of benzene rings is 2. The molecule has 1 fully saturated rings. The number of nitrogens with one attached hydrogen (secondary N) is 1. The lowest BCUT2D eigenvalue weighted by Crippen LogP contribution is -2.28. The second-order valence-electron chi connectivity index (χ2n) is 7.43. The Hall–Kier alpha value is -1.66. The molecule has 2 aromatic rings. The lowest BCUT2D eigenvalue weighted by molar-refractivity contribution is -0.137. The normalized spacial score (nSPS) is 22.1. The fourth-order valence-corrected chi connectivity index (χ4v) is 5.12. The van der Waals surface area contributed by atoms with Crippen molar-refractivity contribution in [1.29, 1.82) is 0 Å². The number of aliphatic hydroxyl groups is 1. The van der Waals surface area contributed by atoms with Gasteiger partial charge in [-0.25, -0.2) is 0 Å². The van der Waals surface area contributed by atoms with Crippen molar-refractivity contribution in [3.05, 3.63) is 53.1 Å². The van der Waals surface area contributed by atoms with Gasteiger partial charge in [-0.2, -0.15) is 13.2 Å². The van der Waals surface area contributed by atoms with Gasteiger partial charge in [0.25, 0.3) is 0 Å². The summed E-state index contributed by atoms with van der Waals surface area (Å²) in [6.45, 7) is 0.194. The number of hydrogen-bond donors (Lipinski definition) is 2. The Bertz CT molecular complexity index is 829. The number of aliphatic hydroxyl groups excluding tert-OH is 1. The zero-order valence-electron chi connectivity index (χ0n) is 14.9. The Balaban J connectivity index is 1.66. The number of alkyl halides is 3. The van der Waals surface area contributed by atoms with E-state index in [0.29, 0.717) is 22.9 Å². The second-order valence-corrected chi connectivity index (χ2v) is 8.51. The molecule has 4 rings (SSSR count). The summed E-state index contributed by atoms with van der Waals surface area (Å²) in [6.07, 6.45) is -0.151. The van der Waals surface area contributed by atoms with Crippen molar-refractivity contribution >= 4 is 17.4 Å². The van der Waals surface area contributed by atoms with E-state index in [2.05, 4.69) is 5.32 Å². The molecule has 0 aromatic heterocycles. The zero-order chi connectivity index (χ0) is 19.0. The molecule has 0 bridgehead atoms. The van der Waals surface area contributed by atoms with Gasteiger partial charge >= 0.3 is 6.18 Å². The molecule has 0 atom stereocenters. The van der Waals surface area contributed by atoms with Gasteiger partial charge in [0.1, 0.15) is 0 Å². The SMILES string of the molecule is OCC1CCC(Nc2cc(C(F)(F)F)cc3c2Cc2ccccc2S3)CC1. The highest BCUT2D eigenvalue weighted by molar-refractivity contribution is 7.99. The number of hydrogen-bond acceptors (Lipinski definition) is 3. The Morgan fingerprint density at radius 3 is 2.48 bits per heavy atom. The predicted octanol–water partition coefficient (Wildman–Crippen LogP) is 5.72. The van der Waals surface area contributed by atoms with Gasteiger partial charge in [-0.15, -0.1) is 0 Å². The summed E-state index contributed by atoms with van der Waals surface area (Å²) in [5.41, 5.74) is 2.12. The van der Waals surface area contributed by atoms with Crippen LogP contribution in [0.1, 0.15) is 42.4 Å². The van der Waals surface area contributed by atoms with Crippen molar-refractivity contribution in [3.63, 3.8) is 0 Å². The summed E-state index contributed by atoms with van der Waals surface area (Å²) >= 11 is 1.42. The van der Waals surface area contributed by atoms with Crippen LogP contribution in [0.4, 0.5) is 18.9 Å². The second kappa shape index (κ2) is 7.40. The molecular weight excluding hydrogens is 371 g/mol. The molecule has 27 heavy (non-hydrogen) atoms. The highest BCUT2D eigenvalue weighted by atomic mass is 32.2. The number of halogens is 3. The van der Waals surface area contributed by atoms with E-state index in [-0.39, 0.29) is 12.6 Å². The van der Waals surface area contributed by atoms with Crippen molar-refractivity contribution in [2.45, 2.75) is 54.1 Å². The molecule has 1 heterocycles.